The van der Waals surface area contributed by atoms with Crippen LogP contribution in [0, 0.1) is 6.92 Å². The van der Waals surface area contributed by atoms with Crippen LogP contribution in [0.1, 0.15) is 51.0 Å². The van der Waals surface area contributed by atoms with Crippen LogP contribution in [0.25, 0.3) is 0 Å². The van der Waals surface area contributed by atoms with Crippen molar-refractivity contribution < 1.29 is 18.6 Å². The topological polar surface area (TPSA) is 91.8 Å². The molecule has 9 heteroatoms. The Bertz CT molecular complexity index is 1200. The van der Waals surface area contributed by atoms with Gasteiger partial charge in [-0.3, -0.25) is 14.3 Å². The molecule has 2 fully saturated rings. The Morgan fingerprint density at radius 1 is 1.26 bits per heavy atom. The second kappa shape index (κ2) is 8.97. The number of ether oxygens (including phenoxy) is 3. The van der Waals surface area contributed by atoms with Crippen molar-refractivity contribution in [2.24, 2.45) is 0 Å². The maximum absolute atomic E-state index is 12.7. The van der Waals surface area contributed by atoms with E-state index in [2.05, 4.69) is 45.4 Å². The molecule has 2 saturated heterocycles. The fraction of sp³-hybridized carbons (Fsp3) is 0.538. The van der Waals surface area contributed by atoms with Gasteiger partial charge in [-0.05, 0) is 25.1 Å². The molecule has 1 aromatic heterocycles. The van der Waals surface area contributed by atoms with Crippen LogP contribution in [0.15, 0.2) is 58.8 Å². The van der Waals surface area contributed by atoms with Crippen LogP contribution in [-0.4, -0.2) is 36.4 Å². The molecule has 35 heavy (non-hydrogen) atoms. The summed E-state index contributed by atoms with van der Waals surface area (Å²) in [5.41, 5.74) is 0.326. The minimum absolute atomic E-state index is 0.0468. The molecule has 4 atom stereocenters. The fourth-order valence-electron chi connectivity index (χ4n) is 4.37. The predicted molar refractivity (Wildman–Crippen MR) is 136 cm³/mol. The van der Waals surface area contributed by atoms with E-state index in [1.807, 2.05) is 30.3 Å². The van der Waals surface area contributed by atoms with Gasteiger partial charge in [-0.25, -0.2) is 4.79 Å². The van der Waals surface area contributed by atoms with Crippen LogP contribution in [-0.2, 0) is 24.4 Å². The number of aromatic nitrogens is 2. The number of H-pyrrole nitrogens is 1. The van der Waals surface area contributed by atoms with Crippen LogP contribution in [0.4, 0.5) is 0 Å². The monoisotopic (exact) mass is 500 g/mol. The lowest BCUT2D eigenvalue weighted by atomic mass is 10.0. The van der Waals surface area contributed by atoms with Crippen LogP contribution in [0.2, 0.25) is 18.1 Å². The summed E-state index contributed by atoms with van der Waals surface area (Å²) in [7, 11) is -2.25. The van der Waals surface area contributed by atoms with Gasteiger partial charge in [-0.1, -0.05) is 57.2 Å². The maximum atomic E-state index is 12.7. The van der Waals surface area contributed by atoms with E-state index >= 15 is 0 Å². The van der Waals surface area contributed by atoms with Crippen molar-refractivity contribution in [3.8, 4) is 0 Å². The summed E-state index contributed by atoms with van der Waals surface area (Å²) in [6, 6.07) is 9.71. The van der Waals surface area contributed by atoms with Crippen molar-refractivity contribution in [2.45, 2.75) is 82.6 Å². The zero-order valence-electron chi connectivity index (χ0n) is 21.4. The van der Waals surface area contributed by atoms with Gasteiger partial charge in [0, 0.05) is 30.2 Å². The van der Waals surface area contributed by atoms with Gasteiger partial charge in [0.2, 0.25) is 11.6 Å². The summed E-state index contributed by atoms with van der Waals surface area (Å²) >= 11 is 0. The first-order valence-electron chi connectivity index (χ1n) is 12.0. The van der Waals surface area contributed by atoms with E-state index in [9.17, 15) is 9.59 Å². The van der Waals surface area contributed by atoms with Gasteiger partial charge in [-0.15, -0.1) is 6.58 Å². The largest absolute Gasteiger partial charge is 0.408 e. The maximum Gasteiger partial charge on any atom is 0.330 e. The SMILES string of the molecule is C=CCC1(c2ccccc2)OC[C@]2(O[C@@H](n3cc(C)c(=O)[nH]c3=O)C[C@H]2O[Si](C)(C)C(C)(C)C)O1. The lowest BCUT2D eigenvalue weighted by Crippen LogP contribution is -2.52. The van der Waals surface area contributed by atoms with Gasteiger partial charge >= 0.3 is 5.69 Å². The van der Waals surface area contributed by atoms with E-state index in [0.29, 0.717) is 18.4 Å². The van der Waals surface area contributed by atoms with Gasteiger partial charge in [0.1, 0.15) is 18.9 Å². The second-order valence-electron chi connectivity index (χ2n) is 11.0. The number of hydrogen-bond donors (Lipinski definition) is 1. The Labute approximate surface area is 207 Å². The second-order valence-corrected chi connectivity index (χ2v) is 15.7. The molecular weight excluding hydrogens is 464 g/mol. The third kappa shape index (κ3) is 4.63. The Morgan fingerprint density at radius 3 is 2.57 bits per heavy atom. The van der Waals surface area contributed by atoms with Crippen LogP contribution in [0.5, 0.6) is 0 Å². The third-order valence-corrected chi connectivity index (χ3v) is 11.9. The zero-order chi connectivity index (χ0) is 25.6. The van der Waals surface area contributed by atoms with E-state index in [1.165, 1.54) is 10.8 Å². The highest BCUT2D eigenvalue weighted by Crippen LogP contribution is 2.52. The first-order chi connectivity index (χ1) is 16.3. The van der Waals surface area contributed by atoms with E-state index in [-0.39, 0.29) is 11.6 Å². The van der Waals surface area contributed by atoms with Gasteiger partial charge < -0.3 is 18.6 Å². The van der Waals surface area contributed by atoms with Gasteiger partial charge in [0.15, 0.2) is 8.32 Å². The molecule has 0 saturated carbocycles. The number of nitrogens with zero attached hydrogens (tertiary/aromatic N) is 1. The van der Waals surface area contributed by atoms with Gasteiger partial charge in [0.25, 0.3) is 5.56 Å². The molecule has 1 unspecified atom stereocenters. The predicted octanol–water partition coefficient (Wildman–Crippen LogP) is 4.33. The van der Waals surface area contributed by atoms with Gasteiger partial charge in [0.05, 0.1) is 0 Å². The molecular formula is C26H36N2O6Si. The zero-order valence-corrected chi connectivity index (χ0v) is 22.4. The van der Waals surface area contributed by atoms with Crippen LogP contribution >= 0.6 is 0 Å². The lowest BCUT2D eigenvalue weighted by molar-refractivity contribution is -0.287. The summed E-state index contributed by atoms with van der Waals surface area (Å²) in [4.78, 5) is 27.0. The number of nitrogens with one attached hydrogen (secondary N) is 1. The number of hydrogen-bond acceptors (Lipinski definition) is 6. The van der Waals surface area contributed by atoms with Crippen molar-refractivity contribution in [3.05, 3.63) is 81.1 Å². The van der Waals surface area contributed by atoms with Crippen LogP contribution in [0.3, 0.4) is 0 Å². The Hall–Kier alpha value is -2.30. The molecule has 8 nitrogen and oxygen atoms in total. The first-order valence-corrected chi connectivity index (χ1v) is 14.9. The summed E-state index contributed by atoms with van der Waals surface area (Å²) in [5.74, 6) is -2.32. The molecule has 0 radical (unpaired) electrons. The van der Waals surface area contributed by atoms with Crippen LogP contribution < -0.4 is 11.2 Å². The van der Waals surface area contributed by atoms with Crippen molar-refractivity contribution in [3.63, 3.8) is 0 Å². The van der Waals surface area contributed by atoms with E-state index in [1.54, 1.807) is 13.0 Å². The van der Waals surface area contributed by atoms with E-state index < -0.39 is 43.5 Å². The Morgan fingerprint density at radius 2 is 1.94 bits per heavy atom. The fourth-order valence-corrected chi connectivity index (χ4v) is 5.71. The number of aromatic amines is 1. The molecule has 2 aliphatic rings. The minimum atomic E-state index is -2.25. The Balaban J connectivity index is 1.76. The molecule has 190 valence electrons. The van der Waals surface area contributed by atoms with Crippen molar-refractivity contribution in [1.82, 2.24) is 9.55 Å². The molecule has 2 aliphatic heterocycles. The highest BCUT2D eigenvalue weighted by molar-refractivity contribution is 6.74. The molecule has 3 heterocycles. The average molecular weight is 501 g/mol. The highest BCUT2D eigenvalue weighted by Gasteiger charge is 2.62. The molecule has 0 aliphatic carbocycles. The van der Waals surface area contributed by atoms with E-state index in [4.69, 9.17) is 18.6 Å². The van der Waals surface area contributed by atoms with Crippen molar-refractivity contribution in [1.29, 1.82) is 0 Å². The molecule has 4 rings (SSSR count). The van der Waals surface area contributed by atoms with Crippen molar-refractivity contribution >= 4 is 8.32 Å². The Kier molecular flexibility index (Phi) is 6.61. The number of aryl methyl sites for hydroxylation is 1. The summed E-state index contributed by atoms with van der Waals surface area (Å²) in [6.07, 6.45) is 2.91. The van der Waals surface area contributed by atoms with E-state index in [0.717, 1.165) is 5.56 Å². The standard InChI is InChI=1S/C26H36N2O6Si/c1-8-14-25(19-12-10-9-11-13-19)31-17-26(34-25)20(33-35(6,7)24(3,4)5)15-21(32-26)28-16-18(2)22(29)27-23(28)30/h8-13,16,20-21H,1,14-15,17H2,2-7H3,(H,27,29,30)/t20-,21-,25?,26+/m1/s1. The molecule has 1 aromatic carbocycles. The quantitative estimate of drug-likeness (QED) is 0.469. The van der Waals surface area contributed by atoms with Gasteiger partial charge in [-0.2, -0.15) is 0 Å². The minimum Gasteiger partial charge on any atom is -0.408 e. The lowest BCUT2D eigenvalue weighted by Gasteiger charge is -2.41. The molecule has 2 aromatic rings. The molecule has 0 bridgehead atoms. The summed E-state index contributed by atoms with van der Waals surface area (Å²) < 4.78 is 27.9. The number of rotatable bonds is 6. The van der Waals surface area contributed by atoms with Crippen molar-refractivity contribution in [2.75, 3.05) is 6.61 Å². The molecule has 1 N–H and O–H groups in total. The first kappa shape index (κ1) is 25.8. The summed E-state index contributed by atoms with van der Waals surface area (Å²) in [5, 5.41) is -0.0468. The average Bonchev–Trinajstić information content (AvgIpc) is 3.32. The smallest absolute Gasteiger partial charge is 0.330 e. The third-order valence-electron chi connectivity index (χ3n) is 7.41. The molecule has 0 amide bonds. The summed E-state index contributed by atoms with van der Waals surface area (Å²) in [6.45, 7) is 16.6. The normalized spacial score (nSPS) is 29.1. The highest BCUT2D eigenvalue weighted by atomic mass is 28.4. The molecule has 1 spiro atoms. The number of benzene rings is 1.